The van der Waals surface area contributed by atoms with Crippen LogP contribution in [0.2, 0.25) is 10.0 Å². The molecular formula is C28H35Cl2N7O5S. The Hall–Kier alpha value is -2.97. The van der Waals surface area contributed by atoms with E-state index in [0.717, 1.165) is 30.8 Å². The minimum atomic E-state index is -1.10. The molecule has 3 N–H and O–H groups in total. The normalized spacial score (nSPS) is 19.9. The molecule has 0 spiro atoms. The number of likely N-dealkylation sites (tertiary alicyclic amines) is 1. The molecule has 0 aromatic carbocycles. The van der Waals surface area contributed by atoms with Gasteiger partial charge in [-0.3, -0.25) is 4.79 Å². The zero-order valence-electron chi connectivity index (χ0n) is 24.2. The lowest BCUT2D eigenvalue weighted by atomic mass is 9.94. The fourth-order valence-electron chi connectivity index (χ4n) is 5.42. The third-order valence-electron chi connectivity index (χ3n) is 8.02. The van der Waals surface area contributed by atoms with E-state index in [-0.39, 0.29) is 39.3 Å². The van der Waals surface area contributed by atoms with Gasteiger partial charge in [0.15, 0.2) is 5.13 Å². The second-order valence-corrected chi connectivity index (χ2v) is 12.7. The van der Waals surface area contributed by atoms with E-state index in [2.05, 4.69) is 37.2 Å². The second kappa shape index (κ2) is 13.8. The number of H-pyrrole nitrogens is 1. The summed E-state index contributed by atoms with van der Waals surface area (Å²) < 4.78 is 11.5. The number of aromatic amines is 1. The Balaban J connectivity index is 1.22. The largest absolute Gasteiger partial charge is 0.477 e. The van der Waals surface area contributed by atoms with E-state index in [1.165, 1.54) is 25.2 Å². The average Bonchev–Trinajstić information content (AvgIpc) is 3.56. The number of aryl methyl sites for hydroxylation is 1. The fraction of sp³-hybridized carbons (Fsp3) is 0.536. The van der Waals surface area contributed by atoms with E-state index in [0.29, 0.717) is 59.5 Å². The van der Waals surface area contributed by atoms with Crippen molar-refractivity contribution in [3.63, 3.8) is 0 Å². The quantitative estimate of drug-likeness (QED) is 0.289. The van der Waals surface area contributed by atoms with Crippen LogP contribution in [-0.4, -0.2) is 101 Å². The van der Waals surface area contributed by atoms with Crippen LogP contribution in [0.25, 0.3) is 11.4 Å². The van der Waals surface area contributed by atoms with Crippen molar-refractivity contribution in [2.24, 2.45) is 5.92 Å². The molecule has 232 valence electrons. The number of methoxy groups -OCH3 is 1. The van der Waals surface area contributed by atoms with Crippen molar-refractivity contribution < 1.29 is 24.2 Å². The number of nitrogens with zero attached hydrogens (tertiary/aromatic N) is 5. The number of halogens is 2. The van der Waals surface area contributed by atoms with E-state index in [1.807, 2.05) is 4.90 Å². The van der Waals surface area contributed by atoms with Gasteiger partial charge in [-0.2, -0.15) is 0 Å². The molecule has 43 heavy (non-hydrogen) atoms. The zero-order chi connectivity index (χ0) is 30.7. The molecule has 12 nitrogen and oxygen atoms in total. The number of rotatable bonds is 10. The molecule has 3 aromatic heterocycles. The van der Waals surface area contributed by atoms with Crippen LogP contribution in [0.4, 0.5) is 5.13 Å². The van der Waals surface area contributed by atoms with Gasteiger partial charge >= 0.3 is 5.97 Å². The predicted octanol–water partition coefficient (Wildman–Crippen LogP) is 4.38. The van der Waals surface area contributed by atoms with Crippen LogP contribution >= 0.6 is 34.5 Å². The Labute approximate surface area is 263 Å². The highest BCUT2D eigenvalue weighted by atomic mass is 35.5. The van der Waals surface area contributed by atoms with Crippen LogP contribution in [0.3, 0.4) is 0 Å². The second-order valence-electron chi connectivity index (χ2n) is 10.9. The number of thiazole rings is 1. The number of anilines is 1. The number of amides is 1. The minimum absolute atomic E-state index is 0.0678. The number of carbonyl (C=O) groups excluding carboxylic acids is 1. The summed E-state index contributed by atoms with van der Waals surface area (Å²) in [5.41, 5.74) is 1.41. The topological polar surface area (TPSA) is 146 Å². The first-order valence-corrected chi connectivity index (χ1v) is 15.7. The summed E-state index contributed by atoms with van der Waals surface area (Å²) in [6.07, 6.45) is 6.47. The summed E-state index contributed by atoms with van der Waals surface area (Å²) in [5.74, 6) is -0.428. The van der Waals surface area contributed by atoms with Crippen molar-refractivity contribution in [1.82, 2.24) is 30.2 Å². The van der Waals surface area contributed by atoms with Crippen molar-refractivity contribution in [2.75, 3.05) is 51.8 Å². The van der Waals surface area contributed by atoms with Crippen molar-refractivity contribution in [3.05, 3.63) is 38.7 Å². The SMILES string of the molecule is CO[C@H]1CN(c2nc(-c3cnc(OCCC4CCN(C)CC4)cn3)c(C(=O)O)s2)CC[C@H]1NC(=O)c1[nH]c(C)c(Cl)c1Cl. The molecular weight excluding hydrogens is 617 g/mol. The molecule has 0 unspecified atom stereocenters. The van der Waals surface area contributed by atoms with Crippen molar-refractivity contribution in [1.29, 1.82) is 0 Å². The molecule has 0 saturated carbocycles. The summed E-state index contributed by atoms with van der Waals surface area (Å²) in [6.45, 7) is 5.43. The van der Waals surface area contributed by atoms with Gasteiger partial charge in [0, 0.05) is 25.9 Å². The standard InChI is InChI=1S/C28H35Cl2N7O5S/c1-15-21(29)22(30)24(33-15)26(38)34-17-6-10-37(14-19(17)41-3)28-35-23(25(43-28)27(39)40)18-12-32-20(13-31-18)42-11-7-16-4-8-36(2)9-5-16/h12-13,16-17,19,33H,4-11,14H2,1-3H3,(H,34,38)(H,39,40)/t17-,19+/m1/s1. The number of carboxylic acid groups (broad SMARTS) is 1. The first-order valence-electron chi connectivity index (χ1n) is 14.1. The maximum atomic E-state index is 12.9. The first-order chi connectivity index (χ1) is 20.6. The summed E-state index contributed by atoms with van der Waals surface area (Å²) in [7, 11) is 3.71. The Morgan fingerprint density at radius 3 is 2.56 bits per heavy atom. The molecule has 15 heteroatoms. The number of nitrogens with one attached hydrogen (secondary N) is 2. The van der Waals surface area contributed by atoms with Crippen LogP contribution in [0.1, 0.15) is 51.5 Å². The first kappa shape index (κ1) is 31.5. The number of hydrogen-bond acceptors (Lipinski definition) is 10. The molecule has 0 radical (unpaired) electrons. The fourth-order valence-corrected chi connectivity index (χ4v) is 6.78. The number of carboxylic acids is 1. The van der Waals surface area contributed by atoms with Crippen LogP contribution in [0.5, 0.6) is 5.88 Å². The van der Waals surface area contributed by atoms with Gasteiger partial charge in [-0.25, -0.2) is 19.7 Å². The zero-order valence-corrected chi connectivity index (χ0v) is 26.6. The number of ether oxygens (including phenoxy) is 2. The maximum absolute atomic E-state index is 12.9. The van der Waals surface area contributed by atoms with Gasteiger partial charge in [0.2, 0.25) is 5.88 Å². The Bertz CT molecular complexity index is 1440. The number of hydrogen-bond donors (Lipinski definition) is 3. The summed E-state index contributed by atoms with van der Waals surface area (Å²) >= 11 is 13.4. The lowest BCUT2D eigenvalue weighted by molar-refractivity contribution is 0.0540. The van der Waals surface area contributed by atoms with Crippen LogP contribution in [0, 0.1) is 12.8 Å². The molecule has 2 fully saturated rings. The molecule has 2 aliphatic heterocycles. The van der Waals surface area contributed by atoms with Crippen molar-refractivity contribution >= 4 is 51.5 Å². The molecule has 5 rings (SSSR count). The average molecular weight is 653 g/mol. The summed E-state index contributed by atoms with van der Waals surface area (Å²) in [5, 5.41) is 13.9. The molecule has 2 aliphatic rings. The molecule has 2 atom stereocenters. The monoisotopic (exact) mass is 651 g/mol. The van der Waals surface area contributed by atoms with E-state index < -0.39 is 5.97 Å². The molecule has 2 saturated heterocycles. The van der Waals surface area contributed by atoms with E-state index in [4.69, 9.17) is 32.7 Å². The molecule has 0 aliphatic carbocycles. The summed E-state index contributed by atoms with van der Waals surface area (Å²) in [6, 6.07) is -0.302. The Morgan fingerprint density at radius 1 is 1.16 bits per heavy atom. The minimum Gasteiger partial charge on any atom is -0.477 e. The van der Waals surface area contributed by atoms with Gasteiger partial charge in [-0.05, 0) is 58.7 Å². The van der Waals surface area contributed by atoms with Crippen molar-refractivity contribution in [2.45, 2.75) is 44.8 Å². The van der Waals surface area contributed by atoms with Crippen molar-refractivity contribution in [3.8, 4) is 17.3 Å². The number of aromatic carboxylic acids is 1. The summed E-state index contributed by atoms with van der Waals surface area (Å²) in [4.78, 5) is 45.7. The highest BCUT2D eigenvalue weighted by Gasteiger charge is 2.34. The number of piperidine rings is 2. The van der Waals surface area contributed by atoms with Gasteiger partial charge in [-0.1, -0.05) is 34.5 Å². The number of aromatic nitrogens is 4. The molecule has 0 bridgehead atoms. The number of carbonyl (C=O) groups is 2. The Kier molecular flexibility index (Phi) is 10.1. The van der Waals surface area contributed by atoms with Gasteiger partial charge < -0.3 is 34.7 Å². The molecule has 5 heterocycles. The third kappa shape index (κ3) is 7.23. The lowest BCUT2D eigenvalue weighted by Gasteiger charge is -2.37. The van der Waals surface area contributed by atoms with Gasteiger partial charge in [0.25, 0.3) is 5.91 Å². The smallest absolute Gasteiger partial charge is 0.348 e. The van der Waals surface area contributed by atoms with E-state index in [1.54, 1.807) is 14.0 Å². The predicted molar refractivity (Wildman–Crippen MR) is 165 cm³/mol. The Morgan fingerprint density at radius 2 is 1.93 bits per heavy atom. The van der Waals surface area contributed by atoms with Crippen LogP contribution in [0.15, 0.2) is 12.4 Å². The van der Waals surface area contributed by atoms with Gasteiger partial charge in [0.1, 0.15) is 22.0 Å². The highest BCUT2D eigenvalue weighted by molar-refractivity contribution is 7.17. The maximum Gasteiger partial charge on any atom is 0.348 e. The molecule has 3 aromatic rings. The van der Waals surface area contributed by atoms with Gasteiger partial charge in [-0.15, -0.1) is 0 Å². The van der Waals surface area contributed by atoms with Crippen LogP contribution in [-0.2, 0) is 4.74 Å². The molecule has 1 amide bonds. The lowest BCUT2D eigenvalue weighted by Crippen LogP contribution is -2.55. The van der Waals surface area contributed by atoms with E-state index >= 15 is 0 Å². The van der Waals surface area contributed by atoms with Gasteiger partial charge in [0.05, 0.1) is 41.2 Å². The van der Waals surface area contributed by atoms with E-state index in [9.17, 15) is 14.7 Å². The third-order valence-corrected chi connectivity index (χ3v) is 10.1. The highest BCUT2D eigenvalue weighted by Crippen LogP contribution is 2.34. The van der Waals surface area contributed by atoms with Crippen LogP contribution < -0.4 is 15.0 Å².